The largest absolute Gasteiger partial charge is 0.482 e. The van der Waals surface area contributed by atoms with Crippen LogP contribution in [0.3, 0.4) is 0 Å². The smallest absolute Gasteiger partial charge is 0.399 e. The quantitative estimate of drug-likeness (QED) is 0.146. The van der Waals surface area contributed by atoms with E-state index in [1.807, 2.05) is 11.8 Å². The van der Waals surface area contributed by atoms with Gasteiger partial charge in [0.25, 0.3) is 0 Å². The number of halogens is 5. The maximum Gasteiger partial charge on any atom is 0.399 e. The zero-order chi connectivity index (χ0) is 29.7. The summed E-state index contributed by atoms with van der Waals surface area (Å²) in [5.74, 6) is -0.649. The Bertz CT molecular complexity index is 1600. The standard InChI is InChI=1S/C26H20BrCl2F2N2O6PS/c1-15-25(17-4-7-20(8-5-17)37-13-24(34)35)32-26(41-15)33(19-6-9-22(28)23(29)11-19)12-16-2-3-18(21(27)10-16)14-40(36,38-30)39-31/h2-11H,12-14H2,1H3,(H,34,35). The van der Waals surface area contributed by atoms with E-state index >= 15 is 0 Å². The summed E-state index contributed by atoms with van der Waals surface area (Å²) in [5, 5.41) is 10.2. The molecular weight excluding hydrogens is 688 g/mol. The van der Waals surface area contributed by atoms with Crippen molar-refractivity contribution in [2.75, 3.05) is 11.5 Å². The molecule has 0 saturated heterocycles. The van der Waals surface area contributed by atoms with Gasteiger partial charge in [0, 0.05) is 20.6 Å². The lowest BCUT2D eigenvalue weighted by Gasteiger charge is -2.23. The van der Waals surface area contributed by atoms with Crippen molar-refractivity contribution >= 4 is 74.9 Å². The summed E-state index contributed by atoms with van der Waals surface area (Å²) in [6.07, 6.45) is -0.619. The van der Waals surface area contributed by atoms with Crippen molar-refractivity contribution in [1.29, 1.82) is 0 Å². The van der Waals surface area contributed by atoms with Crippen LogP contribution in [0.5, 0.6) is 5.75 Å². The summed E-state index contributed by atoms with van der Waals surface area (Å²) in [6.45, 7) is 1.80. The molecule has 0 aliphatic carbocycles. The van der Waals surface area contributed by atoms with Gasteiger partial charge in [-0.3, -0.25) is 4.57 Å². The fraction of sp³-hybridized carbons (Fsp3) is 0.154. The molecule has 15 heteroatoms. The number of carbonyl (C=O) groups is 1. The van der Waals surface area contributed by atoms with Gasteiger partial charge in [-0.25, -0.2) is 9.78 Å². The minimum atomic E-state index is -4.57. The Hall–Kier alpha value is -2.57. The van der Waals surface area contributed by atoms with E-state index in [1.165, 1.54) is 11.3 Å². The van der Waals surface area contributed by atoms with Crippen LogP contribution in [0.2, 0.25) is 10.0 Å². The van der Waals surface area contributed by atoms with Gasteiger partial charge in [0.1, 0.15) is 5.75 Å². The van der Waals surface area contributed by atoms with Crippen LogP contribution in [-0.4, -0.2) is 22.7 Å². The Morgan fingerprint density at radius 1 is 1.07 bits per heavy atom. The SMILES string of the molecule is Cc1sc(N(Cc2ccc(CP(=O)(OF)OF)c(Br)c2)c2ccc(Cl)c(Cl)c2)nc1-c1ccc(OCC(=O)O)cc1. The molecular formula is C26H20BrCl2F2N2O6PS. The van der Waals surface area contributed by atoms with Crippen LogP contribution in [0.25, 0.3) is 11.3 Å². The van der Waals surface area contributed by atoms with Gasteiger partial charge in [-0.2, -0.15) is 0 Å². The molecule has 1 heterocycles. The molecule has 0 atom stereocenters. The van der Waals surface area contributed by atoms with Crippen molar-refractivity contribution in [2.24, 2.45) is 0 Å². The highest BCUT2D eigenvalue weighted by Gasteiger charge is 2.29. The van der Waals surface area contributed by atoms with Gasteiger partial charge in [0.05, 0.1) is 28.4 Å². The van der Waals surface area contributed by atoms with E-state index < -0.39 is 26.3 Å². The number of anilines is 2. The van der Waals surface area contributed by atoms with Gasteiger partial charge in [0.15, 0.2) is 11.7 Å². The number of aliphatic carboxylic acids is 1. The number of aromatic nitrogens is 1. The first-order chi connectivity index (χ1) is 19.5. The molecule has 8 nitrogen and oxygen atoms in total. The number of benzene rings is 3. The molecule has 0 amide bonds. The van der Waals surface area contributed by atoms with Crippen molar-refractivity contribution in [2.45, 2.75) is 19.6 Å². The lowest BCUT2D eigenvalue weighted by atomic mass is 10.1. The van der Waals surface area contributed by atoms with Crippen molar-refractivity contribution in [3.05, 3.63) is 91.2 Å². The second-order valence-electron chi connectivity index (χ2n) is 8.63. The molecule has 0 radical (unpaired) electrons. The lowest BCUT2D eigenvalue weighted by Crippen LogP contribution is -2.16. The highest BCUT2D eigenvalue weighted by molar-refractivity contribution is 9.10. The summed E-state index contributed by atoms with van der Waals surface area (Å²) in [5.41, 5.74) is 3.33. The van der Waals surface area contributed by atoms with E-state index in [0.29, 0.717) is 43.2 Å². The van der Waals surface area contributed by atoms with E-state index in [4.69, 9.17) is 38.0 Å². The summed E-state index contributed by atoms with van der Waals surface area (Å²) in [6, 6.07) is 17.1. The molecule has 0 aliphatic rings. The first kappa shape index (κ1) is 31.4. The third kappa shape index (κ3) is 7.84. The number of hydrogen-bond donors (Lipinski definition) is 1. The molecule has 41 heavy (non-hydrogen) atoms. The van der Waals surface area contributed by atoms with Crippen LogP contribution in [0.15, 0.2) is 65.1 Å². The molecule has 3 aromatic carbocycles. The topological polar surface area (TPSA) is 98.2 Å². The summed E-state index contributed by atoms with van der Waals surface area (Å²) < 4.78 is 49.2. The van der Waals surface area contributed by atoms with E-state index in [9.17, 15) is 18.4 Å². The first-order valence-electron chi connectivity index (χ1n) is 11.6. The lowest BCUT2D eigenvalue weighted by molar-refractivity contribution is -0.139. The number of hydrogen-bond acceptors (Lipinski definition) is 8. The first-order valence-corrected chi connectivity index (χ1v) is 15.7. The Morgan fingerprint density at radius 2 is 1.78 bits per heavy atom. The van der Waals surface area contributed by atoms with Crippen LogP contribution in [0, 0.1) is 6.92 Å². The molecule has 0 fully saturated rings. The molecule has 0 saturated carbocycles. The van der Waals surface area contributed by atoms with Crippen molar-refractivity contribution in [3.8, 4) is 17.0 Å². The molecule has 4 aromatic rings. The number of rotatable bonds is 12. The highest BCUT2D eigenvalue weighted by Crippen LogP contribution is 2.53. The number of aryl methyl sites for hydroxylation is 1. The average molecular weight is 708 g/mol. The summed E-state index contributed by atoms with van der Waals surface area (Å²) in [7, 11) is -4.57. The number of nitrogens with zero attached hydrogens (tertiary/aromatic N) is 2. The molecule has 0 bridgehead atoms. The number of carboxylic acids is 1. The van der Waals surface area contributed by atoms with Gasteiger partial charge in [-0.05, 0) is 75.6 Å². The summed E-state index contributed by atoms with van der Waals surface area (Å²) >= 11 is 17.3. The van der Waals surface area contributed by atoms with Crippen LogP contribution in [0.1, 0.15) is 16.0 Å². The third-order valence-electron chi connectivity index (χ3n) is 5.75. The molecule has 0 spiro atoms. The zero-order valence-corrected chi connectivity index (χ0v) is 25.8. The van der Waals surface area contributed by atoms with E-state index in [2.05, 4.69) is 25.4 Å². The fourth-order valence-corrected chi connectivity index (χ4v) is 6.65. The molecule has 0 aliphatic heterocycles. The molecule has 1 aromatic heterocycles. The van der Waals surface area contributed by atoms with E-state index in [-0.39, 0.29) is 0 Å². The predicted octanol–water partition coefficient (Wildman–Crippen LogP) is 9.48. The second kappa shape index (κ2) is 13.6. The normalized spacial score (nSPS) is 11.5. The Kier molecular flexibility index (Phi) is 10.4. The Labute approximate surface area is 255 Å². The van der Waals surface area contributed by atoms with Gasteiger partial charge in [-0.1, -0.05) is 51.3 Å². The van der Waals surface area contributed by atoms with E-state index in [0.717, 1.165) is 21.7 Å². The predicted molar refractivity (Wildman–Crippen MR) is 158 cm³/mol. The van der Waals surface area contributed by atoms with Crippen molar-refractivity contribution in [3.63, 3.8) is 0 Å². The minimum Gasteiger partial charge on any atom is -0.482 e. The molecule has 1 N–H and O–H groups in total. The highest BCUT2D eigenvalue weighted by atomic mass is 79.9. The third-order valence-corrected chi connectivity index (χ3v) is 9.37. The number of thiazole rings is 1. The average Bonchev–Trinajstić information content (AvgIpc) is 3.34. The van der Waals surface area contributed by atoms with Gasteiger partial charge >= 0.3 is 13.6 Å². The summed E-state index contributed by atoms with van der Waals surface area (Å²) in [4.78, 5) is 18.5. The Morgan fingerprint density at radius 3 is 2.39 bits per heavy atom. The van der Waals surface area contributed by atoms with Gasteiger partial charge in [0.2, 0.25) is 0 Å². The second-order valence-corrected chi connectivity index (χ2v) is 13.3. The minimum absolute atomic E-state index is 0.308. The number of ether oxygens (including phenoxy) is 1. The van der Waals surface area contributed by atoms with Crippen LogP contribution in [-0.2, 0) is 31.5 Å². The van der Waals surface area contributed by atoms with Crippen molar-refractivity contribution < 1.29 is 37.7 Å². The molecule has 216 valence electrons. The zero-order valence-electron chi connectivity index (χ0n) is 21.0. The molecule has 0 unspecified atom stereocenters. The van der Waals surface area contributed by atoms with Crippen LogP contribution >= 0.6 is 58.1 Å². The Balaban J connectivity index is 1.67. The van der Waals surface area contributed by atoms with Gasteiger partial charge in [-0.15, -0.1) is 20.8 Å². The maximum atomic E-state index is 12.6. The number of carboxylic acid groups (broad SMARTS) is 1. The van der Waals surface area contributed by atoms with Crippen LogP contribution < -0.4 is 9.64 Å². The monoisotopic (exact) mass is 706 g/mol. The van der Waals surface area contributed by atoms with Crippen LogP contribution in [0.4, 0.5) is 19.9 Å². The van der Waals surface area contributed by atoms with Gasteiger partial charge < -0.3 is 14.7 Å². The van der Waals surface area contributed by atoms with Crippen molar-refractivity contribution in [1.82, 2.24) is 4.98 Å². The van der Waals surface area contributed by atoms with E-state index in [1.54, 1.807) is 60.7 Å². The molecule has 4 rings (SSSR count). The maximum absolute atomic E-state index is 12.6. The fourth-order valence-electron chi connectivity index (χ4n) is 3.81.